The van der Waals surface area contributed by atoms with Crippen molar-refractivity contribution >= 4 is 6.29 Å². The highest BCUT2D eigenvalue weighted by Crippen LogP contribution is 2.34. The number of carbonyl (C=O) groups is 1. The third-order valence-corrected chi connectivity index (χ3v) is 3.66. The first-order chi connectivity index (χ1) is 8.88. The molecule has 0 N–H and O–H groups in total. The molecule has 1 heterocycles. The van der Waals surface area contributed by atoms with Crippen LogP contribution in [0.2, 0.25) is 0 Å². The van der Waals surface area contributed by atoms with Crippen LogP contribution in [-0.2, 0) is 0 Å². The molecule has 1 aliphatic rings. The molecule has 1 aromatic heterocycles. The van der Waals surface area contributed by atoms with E-state index in [4.69, 9.17) is 0 Å². The summed E-state index contributed by atoms with van der Waals surface area (Å²) in [6.07, 6.45) is 7.59. The lowest BCUT2D eigenvalue weighted by atomic mass is 10.0. The lowest BCUT2D eigenvalue weighted by Gasteiger charge is -2.05. The lowest BCUT2D eigenvalue weighted by molar-refractivity contribution is 0.112. The molecule has 18 heavy (non-hydrogen) atoms. The Labute approximate surface area is 106 Å². The van der Waals surface area contributed by atoms with Crippen molar-refractivity contribution in [1.82, 2.24) is 9.78 Å². The van der Waals surface area contributed by atoms with Gasteiger partial charge in [-0.05, 0) is 25.0 Å². The number of carbonyl (C=O) groups excluding carboxylic acids is 1. The van der Waals surface area contributed by atoms with Crippen molar-refractivity contribution in [2.45, 2.75) is 31.6 Å². The molecule has 0 bridgehead atoms. The number of benzene rings is 1. The molecular weight excluding hydrogens is 224 g/mol. The molecular formula is C15H16N2O. The van der Waals surface area contributed by atoms with Gasteiger partial charge in [-0.1, -0.05) is 31.0 Å². The summed E-state index contributed by atoms with van der Waals surface area (Å²) in [4.78, 5) is 11.2. The second-order valence-electron chi connectivity index (χ2n) is 4.85. The van der Waals surface area contributed by atoms with E-state index in [0.29, 0.717) is 5.92 Å². The second-order valence-corrected chi connectivity index (χ2v) is 4.85. The summed E-state index contributed by atoms with van der Waals surface area (Å²) in [6.45, 7) is 0. The van der Waals surface area contributed by atoms with Gasteiger partial charge in [-0.25, -0.2) is 4.68 Å². The third kappa shape index (κ3) is 1.96. The summed E-state index contributed by atoms with van der Waals surface area (Å²) in [5, 5.41) is 4.62. The van der Waals surface area contributed by atoms with E-state index in [2.05, 4.69) is 5.10 Å². The standard InChI is InChI=1S/C15H16N2O/c18-11-13-10-17(14-8-2-1-3-9-14)16-15(13)12-6-4-5-7-12/h1-3,8-12H,4-7H2. The minimum atomic E-state index is 0.468. The van der Waals surface area contributed by atoms with Crippen LogP contribution in [0, 0.1) is 0 Å². The van der Waals surface area contributed by atoms with E-state index in [1.54, 1.807) is 0 Å². The molecule has 1 aromatic carbocycles. The SMILES string of the molecule is O=Cc1cn(-c2ccccc2)nc1C1CCCC1. The molecule has 0 radical (unpaired) electrons. The average Bonchev–Trinajstić information content (AvgIpc) is 3.08. The molecule has 0 spiro atoms. The minimum Gasteiger partial charge on any atom is -0.298 e. The number of nitrogens with zero attached hydrogens (tertiary/aromatic N) is 2. The minimum absolute atomic E-state index is 0.468. The molecule has 1 aliphatic carbocycles. The highest BCUT2D eigenvalue weighted by atomic mass is 16.1. The number of hydrogen-bond donors (Lipinski definition) is 0. The molecule has 1 saturated carbocycles. The highest BCUT2D eigenvalue weighted by Gasteiger charge is 2.23. The molecule has 0 saturated heterocycles. The van der Waals surface area contributed by atoms with E-state index in [0.717, 1.165) is 36.1 Å². The van der Waals surface area contributed by atoms with Crippen LogP contribution >= 0.6 is 0 Å². The lowest BCUT2D eigenvalue weighted by Crippen LogP contribution is -1.99. The Balaban J connectivity index is 2.00. The topological polar surface area (TPSA) is 34.9 Å². The monoisotopic (exact) mass is 240 g/mol. The Morgan fingerprint density at radius 3 is 2.56 bits per heavy atom. The van der Waals surface area contributed by atoms with Crippen molar-refractivity contribution in [1.29, 1.82) is 0 Å². The van der Waals surface area contributed by atoms with Crippen LogP contribution in [0.15, 0.2) is 36.5 Å². The number of hydrogen-bond acceptors (Lipinski definition) is 2. The molecule has 1 fully saturated rings. The Kier molecular flexibility index (Phi) is 2.97. The predicted molar refractivity (Wildman–Crippen MR) is 70.2 cm³/mol. The zero-order chi connectivity index (χ0) is 12.4. The molecule has 2 aromatic rings. The van der Waals surface area contributed by atoms with E-state index in [1.807, 2.05) is 41.2 Å². The molecule has 0 amide bonds. The Morgan fingerprint density at radius 1 is 1.17 bits per heavy atom. The van der Waals surface area contributed by atoms with Gasteiger partial charge in [0.05, 0.1) is 16.9 Å². The van der Waals surface area contributed by atoms with Gasteiger partial charge in [0.1, 0.15) is 0 Å². The number of aldehydes is 1. The van der Waals surface area contributed by atoms with Crippen LogP contribution in [-0.4, -0.2) is 16.1 Å². The van der Waals surface area contributed by atoms with Crippen LogP contribution in [0.25, 0.3) is 5.69 Å². The van der Waals surface area contributed by atoms with Gasteiger partial charge in [0, 0.05) is 12.1 Å². The van der Waals surface area contributed by atoms with Gasteiger partial charge < -0.3 is 0 Å². The molecule has 0 unspecified atom stereocenters. The zero-order valence-corrected chi connectivity index (χ0v) is 10.2. The van der Waals surface area contributed by atoms with Crippen LogP contribution in [0.4, 0.5) is 0 Å². The van der Waals surface area contributed by atoms with Crippen molar-refractivity contribution in [3.63, 3.8) is 0 Å². The first-order valence-electron chi connectivity index (χ1n) is 6.48. The van der Waals surface area contributed by atoms with Gasteiger partial charge in [-0.15, -0.1) is 0 Å². The first-order valence-corrected chi connectivity index (χ1v) is 6.48. The summed E-state index contributed by atoms with van der Waals surface area (Å²) >= 11 is 0. The second kappa shape index (κ2) is 4.77. The van der Waals surface area contributed by atoms with Crippen LogP contribution < -0.4 is 0 Å². The summed E-state index contributed by atoms with van der Waals surface area (Å²) in [5.74, 6) is 0.468. The quantitative estimate of drug-likeness (QED) is 0.771. The van der Waals surface area contributed by atoms with Gasteiger partial charge in [0.25, 0.3) is 0 Å². The maximum Gasteiger partial charge on any atom is 0.153 e. The number of para-hydroxylation sites is 1. The van der Waals surface area contributed by atoms with Gasteiger partial charge in [-0.2, -0.15) is 5.10 Å². The maximum atomic E-state index is 11.2. The smallest absolute Gasteiger partial charge is 0.153 e. The molecule has 3 heteroatoms. The van der Waals surface area contributed by atoms with Gasteiger partial charge in [-0.3, -0.25) is 4.79 Å². The maximum absolute atomic E-state index is 11.2. The number of aromatic nitrogens is 2. The van der Waals surface area contributed by atoms with Crippen molar-refractivity contribution in [3.8, 4) is 5.69 Å². The molecule has 92 valence electrons. The van der Waals surface area contributed by atoms with Gasteiger partial charge >= 0.3 is 0 Å². The van der Waals surface area contributed by atoms with E-state index in [1.165, 1.54) is 12.8 Å². The normalized spacial score (nSPS) is 16.0. The Hall–Kier alpha value is -1.90. The fourth-order valence-corrected chi connectivity index (χ4v) is 2.72. The van der Waals surface area contributed by atoms with Crippen LogP contribution in [0.5, 0.6) is 0 Å². The molecule has 0 atom stereocenters. The summed E-state index contributed by atoms with van der Waals surface area (Å²) in [7, 11) is 0. The highest BCUT2D eigenvalue weighted by molar-refractivity contribution is 5.76. The average molecular weight is 240 g/mol. The molecule has 3 nitrogen and oxygen atoms in total. The Bertz CT molecular complexity index is 539. The van der Waals surface area contributed by atoms with Gasteiger partial charge in [0.2, 0.25) is 0 Å². The molecule has 0 aliphatic heterocycles. The number of rotatable bonds is 3. The van der Waals surface area contributed by atoms with E-state index in [9.17, 15) is 4.79 Å². The molecule has 3 rings (SSSR count). The van der Waals surface area contributed by atoms with Crippen LogP contribution in [0.1, 0.15) is 47.7 Å². The predicted octanol–water partition coefficient (Wildman–Crippen LogP) is 3.34. The van der Waals surface area contributed by atoms with Crippen molar-refractivity contribution in [3.05, 3.63) is 47.8 Å². The van der Waals surface area contributed by atoms with Crippen molar-refractivity contribution in [2.24, 2.45) is 0 Å². The van der Waals surface area contributed by atoms with Gasteiger partial charge in [0.15, 0.2) is 6.29 Å². The van der Waals surface area contributed by atoms with Crippen LogP contribution in [0.3, 0.4) is 0 Å². The Morgan fingerprint density at radius 2 is 1.89 bits per heavy atom. The van der Waals surface area contributed by atoms with E-state index >= 15 is 0 Å². The van der Waals surface area contributed by atoms with E-state index in [-0.39, 0.29) is 0 Å². The summed E-state index contributed by atoms with van der Waals surface area (Å²) in [6, 6.07) is 9.94. The largest absolute Gasteiger partial charge is 0.298 e. The zero-order valence-electron chi connectivity index (χ0n) is 10.2. The summed E-state index contributed by atoms with van der Waals surface area (Å²) < 4.78 is 1.82. The van der Waals surface area contributed by atoms with Crippen molar-refractivity contribution < 1.29 is 4.79 Å². The fourth-order valence-electron chi connectivity index (χ4n) is 2.72. The first kappa shape index (κ1) is 11.2. The third-order valence-electron chi connectivity index (χ3n) is 3.66. The van der Waals surface area contributed by atoms with E-state index < -0.39 is 0 Å². The van der Waals surface area contributed by atoms with Crippen molar-refractivity contribution in [2.75, 3.05) is 0 Å². The fraction of sp³-hybridized carbons (Fsp3) is 0.333. The summed E-state index contributed by atoms with van der Waals surface area (Å²) in [5.41, 5.74) is 2.72.